The van der Waals surface area contributed by atoms with Crippen molar-refractivity contribution in [1.82, 2.24) is 10.2 Å². The van der Waals surface area contributed by atoms with Gasteiger partial charge in [0, 0.05) is 19.7 Å². The second kappa shape index (κ2) is 6.23. The minimum Gasteiger partial charge on any atom is -0.508 e. The number of anilines is 1. The van der Waals surface area contributed by atoms with Gasteiger partial charge in [0.25, 0.3) is 5.91 Å². The molecule has 1 aliphatic heterocycles. The van der Waals surface area contributed by atoms with Crippen LogP contribution in [0.4, 0.5) is 5.69 Å². The molecule has 0 saturated heterocycles. The van der Waals surface area contributed by atoms with Gasteiger partial charge >= 0.3 is 0 Å². The molecule has 2 aromatic rings. The van der Waals surface area contributed by atoms with Crippen LogP contribution in [0.15, 0.2) is 48.5 Å². The van der Waals surface area contributed by atoms with Crippen LogP contribution in [0.2, 0.25) is 0 Å². The van der Waals surface area contributed by atoms with E-state index in [9.17, 15) is 14.7 Å². The van der Waals surface area contributed by atoms with Gasteiger partial charge in [0.05, 0.1) is 17.8 Å². The summed E-state index contributed by atoms with van der Waals surface area (Å²) in [5.41, 5.74) is 1.79. The summed E-state index contributed by atoms with van der Waals surface area (Å²) in [4.78, 5) is 28.1. The number of phenolic OH excluding ortho intramolecular Hbond substituents is 1. The van der Waals surface area contributed by atoms with Gasteiger partial charge in [-0.25, -0.2) is 0 Å². The zero-order valence-corrected chi connectivity index (χ0v) is 13.6. The van der Waals surface area contributed by atoms with Crippen LogP contribution in [0.3, 0.4) is 0 Å². The van der Waals surface area contributed by atoms with Crippen molar-refractivity contribution in [3.05, 3.63) is 59.7 Å². The molecule has 0 aliphatic carbocycles. The molecule has 0 bridgehead atoms. The van der Waals surface area contributed by atoms with Crippen molar-refractivity contribution >= 4 is 17.5 Å². The van der Waals surface area contributed by atoms with E-state index in [4.69, 9.17) is 0 Å². The van der Waals surface area contributed by atoms with Gasteiger partial charge in [-0.2, -0.15) is 0 Å². The highest BCUT2D eigenvalue weighted by atomic mass is 16.3. The summed E-state index contributed by atoms with van der Waals surface area (Å²) in [6.45, 7) is 0.0735. The lowest BCUT2D eigenvalue weighted by atomic mass is 10.0. The quantitative estimate of drug-likeness (QED) is 0.901. The van der Waals surface area contributed by atoms with Crippen LogP contribution >= 0.6 is 0 Å². The first-order chi connectivity index (χ1) is 11.5. The molecule has 2 aromatic carbocycles. The first kappa shape index (κ1) is 15.9. The molecule has 0 saturated carbocycles. The number of carbonyl (C=O) groups excluding carboxylic acids is 2. The Balaban J connectivity index is 2.16. The maximum Gasteiger partial charge on any atom is 0.257 e. The third-order valence-corrected chi connectivity index (χ3v) is 4.23. The molecule has 6 nitrogen and oxygen atoms in total. The molecule has 0 fully saturated rings. The Kier molecular flexibility index (Phi) is 4.12. The monoisotopic (exact) mass is 325 g/mol. The summed E-state index contributed by atoms with van der Waals surface area (Å²) in [7, 11) is 3.24. The molecule has 1 heterocycles. The number of para-hydroxylation sites is 2. The summed E-state index contributed by atoms with van der Waals surface area (Å²) >= 11 is 0. The first-order valence-corrected chi connectivity index (χ1v) is 7.66. The molecule has 3 rings (SSSR count). The van der Waals surface area contributed by atoms with Gasteiger partial charge in [-0.15, -0.1) is 0 Å². The number of carbonyl (C=O) groups is 2. The van der Waals surface area contributed by atoms with E-state index in [1.165, 1.54) is 0 Å². The van der Waals surface area contributed by atoms with E-state index in [0.717, 1.165) is 0 Å². The molecule has 0 radical (unpaired) electrons. The molecule has 0 spiro atoms. The number of likely N-dealkylation sites (N-methyl/N-ethyl adjacent to an activating group) is 1. The third-order valence-electron chi connectivity index (χ3n) is 4.23. The number of hydrogen-bond acceptors (Lipinski definition) is 4. The van der Waals surface area contributed by atoms with Crippen molar-refractivity contribution in [2.75, 3.05) is 25.5 Å². The minimum atomic E-state index is -0.564. The molecule has 2 N–H and O–H groups in total. The smallest absolute Gasteiger partial charge is 0.257 e. The van der Waals surface area contributed by atoms with Crippen molar-refractivity contribution in [3.8, 4) is 5.75 Å². The van der Waals surface area contributed by atoms with Crippen molar-refractivity contribution in [2.45, 2.75) is 6.17 Å². The summed E-state index contributed by atoms with van der Waals surface area (Å²) < 4.78 is 0. The first-order valence-electron chi connectivity index (χ1n) is 7.66. The zero-order chi connectivity index (χ0) is 17.3. The van der Waals surface area contributed by atoms with Crippen LogP contribution < -0.4 is 10.2 Å². The van der Waals surface area contributed by atoms with Crippen LogP contribution in [0, 0.1) is 0 Å². The van der Waals surface area contributed by atoms with Crippen molar-refractivity contribution in [1.29, 1.82) is 0 Å². The topological polar surface area (TPSA) is 72.9 Å². The van der Waals surface area contributed by atoms with Crippen molar-refractivity contribution < 1.29 is 14.7 Å². The number of hydrogen-bond donors (Lipinski definition) is 2. The van der Waals surface area contributed by atoms with Gasteiger partial charge in [-0.1, -0.05) is 30.3 Å². The molecule has 0 aromatic heterocycles. The van der Waals surface area contributed by atoms with E-state index in [2.05, 4.69) is 5.32 Å². The number of phenols is 1. The van der Waals surface area contributed by atoms with Crippen LogP contribution in [0.25, 0.3) is 0 Å². The predicted octanol–water partition coefficient (Wildman–Crippen LogP) is 1.73. The Morgan fingerprint density at radius 1 is 1.17 bits per heavy atom. The lowest BCUT2D eigenvalue weighted by Gasteiger charge is -2.44. The summed E-state index contributed by atoms with van der Waals surface area (Å²) in [6, 6.07) is 14.0. The van der Waals surface area contributed by atoms with E-state index < -0.39 is 6.17 Å². The normalized spacial score (nSPS) is 16.8. The number of aromatic hydroxyl groups is 1. The molecule has 2 amide bonds. The maximum absolute atomic E-state index is 12.7. The van der Waals surface area contributed by atoms with E-state index in [-0.39, 0.29) is 24.1 Å². The Bertz CT molecular complexity index is 791. The van der Waals surface area contributed by atoms with Crippen molar-refractivity contribution in [2.24, 2.45) is 0 Å². The third kappa shape index (κ3) is 2.56. The Morgan fingerprint density at radius 3 is 2.54 bits per heavy atom. The van der Waals surface area contributed by atoms with E-state index in [0.29, 0.717) is 16.8 Å². The number of rotatable bonds is 3. The highest BCUT2D eigenvalue weighted by Gasteiger charge is 2.38. The summed E-state index contributed by atoms with van der Waals surface area (Å²) in [5.74, 6) is -0.233. The summed E-state index contributed by atoms with van der Waals surface area (Å²) in [6.07, 6.45) is -0.564. The predicted molar refractivity (Wildman–Crippen MR) is 90.8 cm³/mol. The van der Waals surface area contributed by atoms with Gasteiger partial charge in [-0.3, -0.25) is 9.59 Å². The Morgan fingerprint density at radius 2 is 1.83 bits per heavy atom. The van der Waals surface area contributed by atoms with Gasteiger partial charge < -0.3 is 20.2 Å². The highest BCUT2D eigenvalue weighted by Crippen LogP contribution is 2.40. The number of fused-ring (bicyclic) bond motifs is 1. The number of amides is 2. The molecular weight excluding hydrogens is 306 g/mol. The van der Waals surface area contributed by atoms with Crippen molar-refractivity contribution in [3.63, 3.8) is 0 Å². The van der Waals surface area contributed by atoms with Crippen LogP contribution in [-0.2, 0) is 4.79 Å². The van der Waals surface area contributed by atoms with E-state index in [1.807, 2.05) is 17.0 Å². The number of nitrogens with zero attached hydrogens (tertiary/aromatic N) is 2. The fourth-order valence-corrected chi connectivity index (χ4v) is 3.03. The van der Waals surface area contributed by atoms with Crippen LogP contribution in [0.1, 0.15) is 22.1 Å². The largest absolute Gasteiger partial charge is 0.508 e. The second-order valence-corrected chi connectivity index (χ2v) is 5.67. The van der Waals surface area contributed by atoms with Gasteiger partial charge in [0.15, 0.2) is 0 Å². The number of nitrogens with one attached hydrogen (secondary N) is 1. The average Bonchev–Trinajstić information content (AvgIpc) is 2.60. The van der Waals surface area contributed by atoms with Gasteiger partial charge in [0.2, 0.25) is 5.91 Å². The Labute approximate surface area is 140 Å². The average molecular weight is 325 g/mol. The minimum absolute atomic E-state index is 0.0735. The molecule has 1 atom stereocenters. The Hall–Kier alpha value is -3.02. The van der Waals surface area contributed by atoms with Gasteiger partial charge in [0.1, 0.15) is 11.9 Å². The number of benzene rings is 2. The molecular formula is C18H19N3O3. The highest BCUT2D eigenvalue weighted by molar-refractivity contribution is 6.02. The molecule has 0 unspecified atom stereocenters. The maximum atomic E-state index is 12.7. The fraction of sp³-hybridized carbons (Fsp3) is 0.222. The van der Waals surface area contributed by atoms with Crippen LogP contribution in [0.5, 0.6) is 5.75 Å². The van der Waals surface area contributed by atoms with E-state index in [1.54, 1.807) is 55.4 Å². The fourth-order valence-electron chi connectivity index (χ4n) is 3.03. The molecule has 124 valence electrons. The molecule has 1 aliphatic rings. The zero-order valence-electron chi connectivity index (χ0n) is 13.6. The molecule has 24 heavy (non-hydrogen) atoms. The second-order valence-electron chi connectivity index (χ2n) is 5.67. The standard InChI is InChI=1S/C18H19N3O3/c1-19-16(23)11-21-14-9-5-3-7-12(14)18(24)20(2)17(21)13-8-4-6-10-15(13)22/h3-10,17,22H,11H2,1-2H3,(H,19,23)/t17-/m1/s1. The summed E-state index contributed by atoms with van der Waals surface area (Å²) in [5, 5.41) is 12.9. The lowest BCUT2D eigenvalue weighted by molar-refractivity contribution is -0.119. The van der Waals surface area contributed by atoms with Crippen LogP contribution in [-0.4, -0.2) is 42.5 Å². The van der Waals surface area contributed by atoms with Gasteiger partial charge in [-0.05, 0) is 18.2 Å². The molecule has 6 heteroatoms. The SMILES string of the molecule is CNC(=O)CN1c2ccccc2C(=O)N(C)[C@H]1c1ccccc1O. The lowest BCUT2D eigenvalue weighted by Crippen LogP contribution is -2.50. The van der Waals surface area contributed by atoms with E-state index >= 15 is 0 Å².